The van der Waals surface area contributed by atoms with Crippen molar-refractivity contribution in [1.29, 1.82) is 0 Å². The lowest BCUT2D eigenvalue weighted by Gasteiger charge is -2.31. The summed E-state index contributed by atoms with van der Waals surface area (Å²) in [5, 5.41) is 0. The van der Waals surface area contributed by atoms with E-state index < -0.39 is 0 Å². The van der Waals surface area contributed by atoms with Gasteiger partial charge in [0.05, 0.1) is 18.8 Å². The van der Waals surface area contributed by atoms with E-state index in [1.165, 1.54) is 6.26 Å². The molecule has 4 heterocycles. The van der Waals surface area contributed by atoms with Crippen molar-refractivity contribution in [3.63, 3.8) is 0 Å². The largest absolute Gasteiger partial charge is 0.470 e. The van der Waals surface area contributed by atoms with Crippen LogP contribution in [0.3, 0.4) is 0 Å². The van der Waals surface area contributed by atoms with Crippen LogP contribution in [-0.2, 0) is 4.74 Å². The van der Waals surface area contributed by atoms with Crippen LogP contribution in [-0.4, -0.2) is 47.2 Å². The van der Waals surface area contributed by atoms with E-state index in [1.807, 2.05) is 23.1 Å². The Morgan fingerprint density at radius 2 is 2.26 bits per heavy atom. The van der Waals surface area contributed by atoms with Gasteiger partial charge in [-0.15, -0.1) is 0 Å². The van der Waals surface area contributed by atoms with Gasteiger partial charge < -0.3 is 18.8 Å². The standard InChI is InChI=1S/C17H18N2O4/c20-17(13-6-4-9-21-13)19-11-14(16-12(19)5-3-10-22-16)23-15-7-1-2-8-18-15/h1-2,4,6-9,12,14,16H,3,5,10-11H2/t12-,14+,16+/m1/s1. The zero-order chi connectivity index (χ0) is 15.6. The number of nitrogens with zero attached hydrogens (tertiary/aromatic N) is 2. The lowest BCUT2D eigenvalue weighted by Crippen LogP contribution is -2.44. The Balaban J connectivity index is 1.56. The van der Waals surface area contributed by atoms with Crippen LogP contribution in [0, 0.1) is 0 Å². The molecule has 2 aliphatic heterocycles. The zero-order valence-electron chi connectivity index (χ0n) is 12.6. The first-order chi connectivity index (χ1) is 11.3. The van der Waals surface area contributed by atoms with Gasteiger partial charge in [-0.3, -0.25) is 4.79 Å². The second-order valence-corrected chi connectivity index (χ2v) is 5.80. The van der Waals surface area contributed by atoms with Crippen molar-refractivity contribution < 1.29 is 18.7 Å². The maximum Gasteiger partial charge on any atom is 0.290 e. The highest BCUT2D eigenvalue weighted by Gasteiger charge is 2.48. The van der Waals surface area contributed by atoms with Crippen molar-refractivity contribution in [3.8, 4) is 5.88 Å². The van der Waals surface area contributed by atoms with Crippen molar-refractivity contribution in [1.82, 2.24) is 9.88 Å². The number of amides is 1. The van der Waals surface area contributed by atoms with Crippen molar-refractivity contribution in [2.45, 2.75) is 31.1 Å². The average molecular weight is 314 g/mol. The molecule has 0 bridgehead atoms. The third kappa shape index (κ3) is 2.70. The summed E-state index contributed by atoms with van der Waals surface area (Å²) in [6.07, 6.45) is 4.73. The van der Waals surface area contributed by atoms with Crippen LogP contribution >= 0.6 is 0 Å². The fraction of sp³-hybridized carbons (Fsp3) is 0.412. The van der Waals surface area contributed by atoms with E-state index in [9.17, 15) is 4.79 Å². The minimum Gasteiger partial charge on any atom is -0.470 e. The lowest BCUT2D eigenvalue weighted by molar-refractivity contribution is -0.0456. The first-order valence-electron chi connectivity index (χ1n) is 7.87. The third-order valence-electron chi connectivity index (χ3n) is 4.38. The Hall–Kier alpha value is -2.34. The molecule has 2 saturated heterocycles. The molecule has 0 saturated carbocycles. The SMILES string of the molecule is O=C(c1ccco1)N1C[C@H](Oc2ccccn2)[C@H]2OCCC[C@H]21. The molecule has 1 amide bonds. The lowest BCUT2D eigenvalue weighted by atomic mass is 10.0. The maximum absolute atomic E-state index is 12.7. The van der Waals surface area contributed by atoms with E-state index in [1.54, 1.807) is 18.3 Å². The Labute approximate surface area is 134 Å². The van der Waals surface area contributed by atoms with Crippen LogP contribution in [0.4, 0.5) is 0 Å². The van der Waals surface area contributed by atoms with Crippen molar-refractivity contribution in [2.24, 2.45) is 0 Å². The van der Waals surface area contributed by atoms with E-state index in [0.29, 0.717) is 24.8 Å². The van der Waals surface area contributed by atoms with Crippen molar-refractivity contribution in [3.05, 3.63) is 48.6 Å². The molecule has 2 aromatic heterocycles. The number of carbonyl (C=O) groups excluding carboxylic acids is 1. The van der Waals surface area contributed by atoms with Gasteiger partial charge in [0.1, 0.15) is 12.2 Å². The van der Waals surface area contributed by atoms with Crippen LogP contribution in [0.25, 0.3) is 0 Å². The summed E-state index contributed by atoms with van der Waals surface area (Å²) in [4.78, 5) is 18.7. The molecule has 0 aliphatic carbocycles. The van der Waals surface area contributed by atoms with Gasteiger partial charge in [-0.05, 0) is 31.0 Å². The summed E-state index contributed by atoms with van der Waals surface area (Å²) in [7, 11) is 0. The number of likely N-dealkylation sites (tertiary alicyclic amines) is 1. The van der Waals surface area contributed by atoms with Crippen LogP contribution in [0.5, 0.6) is 5.88 Å². The summed E-state index contributed by atoms with van der Waals surface area (Å²) >= 11 is 0. The first kappa shape index (κ1) is 14.3. The van der Waals surface area contributed by atoms with E-state index in [2.05, 4.69) is 4.98 Å². The smallest absolute Gasteiger partial charge is 0.290 e. The number of aromatic nitrogens is 1. The monoisotopic (exact) mass is 314 g/mol. The number of fused-ring (bicyclic) bond motifs is 1. The molecule has 6 nitrogen and oxygen atoms in total. The highest BCUT2D eigenvalue weighted by atomic mass is 16.5. The number of rotatable bonds is 3. The van der Waals surface area contributed by atoms with Crippen LogP contribution in [0.1, 0.15) is 23.4 Å². The molecule has 3 atom stereocenters. The van der Waals surface area contributed by atoms with Crippen molar-refractivity contribution in [2.75, 3.05) is 13.2 Å². The number of hydrogen-bond acceptors (Lipinski definition) is 5. The fourth-order valence-electron chi connectivity index (χ4n) is 3.36. The second kappa shape index (κ2) is 6.04. The van der Waals surface area contributed by atoms with E-state index in [0.717, 1.165) is 12.8 Å². The molecule has 2 fully saturated rings. The van der Waals surface area contributed by atoms with E-state index >= 15 is 0 Å². The predicted octanol–water partition coefficient (Wildman–Crippen LogP) is 2.13. The molecular formula is C17H18N2O4. The zero-order valence-corrected chi connectivity index (χ0v) is 12.6. The summed E-state index contributed by atoms with van der Waals surface area (Å²) < 4.78 is 17.1. The first-order valence-corrected chi connectivity index (χ1v) is 7.87. The Kier molecular flexibility index (Phi) is 3.75. The molecule has 0 N–H and O–H groups in total. The van der Waals surface area contributed by atoms with Gasteiger partial charge >= 0.3 is 0 Å². The van der Waals surface area contributed by atoms with Gasteiger partial charge in [0, 0.05) is 18.9 Å². The molecular weight excluding hydrogens is 296 g/mol. The molecule has 0 radical (unpaired) electrons. The normalized spacial score (nSPS) is 26.8. The van der Waals surface area contributed by atoms with Gasteiger partial charge in [0.2, 0.25) is 5.88 Å². The topological polar surface area (TPSA) is 64.8 Å². The Morgan fingerprint density at radius 1 is 1.30 bits per heavy atom. The Morgan fingerprint density at radius 3 is 3.04 bits per heavy atom. The average Bonchev–Trinajstić information content (AvgIpc) is 3.24. The van der Waals surface area contributed by atoms with Gasteiger partial charge in [0.25, 0.3) is 5.91 Å². The predicted molar refractivity (Wildman–Crippen MR) is 81.2 cm³/mol. The summed E-state index contributed by atoms with van der Waals surface area (Å²) in [5.41, 5.74) is 0. The molecule has 120 valence electrons. The maximum atomic E-state index is 12.7. The summed E-state index contributed by atoms with van der Waals surface area (Å²) in [5.74, 6) is 0.799. The quantitative estimate of drug-likeness (QED) is 0.868. The Bertz CT molecular complexity index is 658. The molecule has 0 spiro atoms. The second-order valence-electron chi connectivity index (χ2n) is 5.80. The summed E-state index contributed by atoms with van der Waals surface area (Å²) in [6.45, 7) is 1.18. The molecule has 23 heavy (non-hydrogen) atoms. The fourth-order valence-corrected chi connectivity index (χ4v) is 3.36. The molecule has 2 aliphatic rings. The number of ether oxygens (including phenoxy) is 2. The number of pyridine rings is 1. The number of carbonyl (C=O) groups is 1. The van der Waals surface area contributed by atoms with Gasteiger partial charge in [-0.1, -0.05) is 6.07 Å². The van der Waals surface area contributed by atoms with Crippen LogP contribution in [0.15, 0.2) is 47.2 Å². The summed E-state index contributed by atoms with van der Waals surface area (Å²) in [6, 6.07) is 8.97. The van der Waals surface area contributed by atoms with Gasteiger partial charge in [0.15, 0.2) is 5.76 Å². The van der Waals surface area contributed by atoms with Crippen LogP contribution in [0.2, 0.25) is 0 Å². The molecule has 0 aromatic carbocycles. The van der Waals surface area contributed by atoms with Crippen LogP contribution < -0.4 is 4.74 Å². The number of furan rings is 1. The minimum atomic E-state index is -0.214. The molecule has 2 aromatic rings. The van der Waals surface area contributed by atoms with Gasteiger partial charge in [-0.25, -0.2) is 4.98 Å². The molecule has 4 rings (SSSR count). The van der Waals surface area contributed by atoms with Gasteiger partial charge in [-0.2, -0.15) is 0 Å². The third-order valence-corrected chi connectivity index (χ3v) is 4.38. The highest BCUT2D eigenvalue weighted by Crippen LogP contribution is 2.32. The highest BCUT2D eigenvalue weighted by molar-refractivity contribution is 5.92. The molecule has 6 heteroatoms. The van der Waals surface area contributed by atoms with E-state index in [-0.39, 0.29) is 24.2 Å². The number of hydrogen-bond donors (Lipinski definition) is 0. The molecule has 0 unspecified atom stereocenters. The van der Waals surface area contributed by atoms with E-state index in [4.69, 9.17) is 13.9 Å². The minimum absolute atomic E-state index is 0.0232. The van der Waals surface area contributed by atoms with Crippen molar-refractivity contribution >= 4 is 5.91 Å².